The summed E-state index contributed by atoms with van der Waals surface area (Å²) in [4.78, 5) is 35.3. The lowest BCUT2D eigenvalue weighted by Gasteiger charge is -2.12. The predicted molar refractivity (Wildman–Crippen MR) is 113 cm³/mol. The van der Waals surface area contributed by atoms with Gasteiger partial charge in [0.05, 0.1) is 7.11 Å². The number of ketones is 1. The summed E-state index contributed by atoms with van der Waals surface area (Å²) in [6, 6.07) is 12.2. The van der Waals surface area contributed by atoms with Gasteiger partial charge in [-0.25, -0.2) is 4.79 Å². The van der Waals surface area contributed by atoms with Crippen molar-refractivity contribution >= 4 is 23.3 Å². The van der Waals surface area contributed by atoms with Gasteiger partial charge in [0.2, 0.25) is 0 Å². The van der Waals surface area contributed by atoms with Crippen molar-refractivity contribution < 1.29 is 28.6 Å². The molecule has 0 unspecified atom stereocenters. The fraction of sp³-hybridized carbons (Fsp3) is 0.348. The molecule has 2 rings (SSSR count). The molecule has 160 valence electrons. The zero-order valence-corrected chi connectivity index (χ0v) is 17.7. The Kier molecular flexibility index (Phi) is 8.41. The number of methoxy groups -OCH3 is 1. The molecule has 30 heavy (non-hydrogen) atoms. The maximum Gasteiger partial charge on any atom is 0.344 e. The number of Topliss-reactive ketones (excluding diaryl/α,β-unsaturated/α-hetero) is 1. The van der Waals surface area contributed by atoms with E-state index in [-0.39, 0.29) is 5.78 Å². The van der Waals surface area contributed by atoms with E-state index in [0.29, 0.717) is 28.7 Å². The maximum absolute atomic E-state index is 12.0. The molecule has 0 fully saturated rings. The lowest BCUT2D eigenvalue weighted by Crippen LogP contribution is -2.23. The maximum atomic E-state index is 12.0. The van der Waals surface area contributed by atoms with Crippen LogP contribution in [0.2, 0.25) is 0 Å². The lowest BCUT2D eigenvalue weighted by atomic mass is 9.99. The number of anilines is 1. The summed E-state index contributed by atoms with van der Waals surface area (Å²) < 4.78 is 15.5. The van der Waals surface area contributed by atoms with Crippen LogP contribution in [0.4, 0.5) is 5.69 Å². The molecule has 0 saturated heterocycles. The monoisotopic (exact) mass is 413 g/mol. The second kappa shape index (κ2) is 11.0. The summed E-state index contributed by atoms with van der Waals surface area (Å²) in [5, 5.41) is 2.68. The van der Waals surface area contributed by atoms with Gasteiger partial charge in [0.1, 0.15) is 0 Å². The Morgan fingerprint density at radius 2 is 1.70 bits per heavy atom. The van der Waals surface area contributed by atoms with Crippen LogP contribution in [0.15, 0.2) is 42.5 Å². The number of esters is 1. The minimum atomic E-state index is -0.699. The normalized spacial score (nSPS) is 11.3. The molecule has 7 heteroatoms. The first-order valence-corrected chi connectivity index (χ1v) is 9.71. The zero-order valence-electron chi connectivity index (χ0n) is 17.7. The van der Waals surface area contributed by atoms with Crippen LogP contribution in [0, 0.1) is 0 Å². The third-order valence-corrected chi connectivity index (χ3v) is 4.66. The van der Waals surface area contributed by atoms with Gasteiger partial charge in [-0.3, -0.25) is 9.59 Å². The lowest BCUT2D eigenvalue weighted by molar-refractivity contribution is -0.149. The number of ether oxygens (including phenoxy) is 3. The molecule has 0 aliphatic rings. The highest BCUT2D eigenvalue weighted by Crippen LogP contribution is 2.28. The number of hydrogen-bond donors (Lipinski definition) is 1. The van der Waals surface area contributed by atoms with Crippen LogP contribution in [-0.2, 0) is 14.3 Å². The Morgan fingerprint density at radius 3 is 2.30 bits per heavy atom. The molecule has 2 aromatic carbocycles. The molecular weight excluding hydrogens is 386 g/mol. The largest absolute Gasteiger partial charge is 0.493 e. The first-order chi connectivity index (χ1) is 14.3. The molecule has 0 bridgehead atoms. The first kappa shape index (κ1) is 22.9. The SMILES string of the molecule is CC[C@H](C)c1ccc(NC(=O)COC(=O)COc2ccc(C(C)=O)cc2OC)cc1. The molecule has 0 saturated carbocycles. The van der Waals surface area contributed by atoms with Crippen LogP contribution in [0.3, 0.4) is 0 Å². The molecule has 1 amide bonds. The predicted octanol–water partition coefficient (Wildman–Crippen LogP) is 3.97. The number of nitrogens with one attached hydrogen (secondary N) is 1. The van der Waals surface area contributed by atoms with Crippen molar-refractivity contribution in [2.45, 2.75) is 33.1 Å². The molecule has 0 aliphatic carbocycles. The van der Waals surface area contributed by atoms with Crippen molar-refractivity contribution in [1.29, 1.82) is 0 Å². The fourth-order valence-corrected chi connectivity index (χ4v) is 2.66. The molecule has 0 aromatic heterocycles. The molecule has 0 radical (unpaired) electrons. The van der Waals surface area contributed by atoms with Crippen molar-refractivity contribution in [3.05, 3.63) is 53.6 Å². The average Bonchev–Trinajstić information content (AvgIpc) is 2.75. The molecule has 0 heterocycles. The minimum absolute atomic E-state index is 0.111. The van der Waals surface area contributed by atoms with Crippen LogP contribution in [0.25, 0.3) is 0 Å². The number of benzene rings is 2. The third kappa shape index (κ3) is 6.62. The van der Waals surface area contributed by atoms with Gasteiger partial charge < -0.3 is 19.5 Å². The second-order valence-corrected chi connectivity index (χ2v) is 6.85. The zero-order chi connectivity index (χ0) is 22.1. The van der Waals surface area contributed by atoms with Crippen LogP contribution >= 0.6 is 0 Å². The minimum Gasteiger partial charge on any atom is -0.493 e. The number of amides is 1. The molecule has 7 nitrogen and oxygen atoms in total. The van der Waals surface area contributed by atoms with Gasteiger partial charge in [-0.15, -0.1) is 0 Å². The molecule has 0 aliphatic heterocycles. The Balaban J connectivity index is 1.80. The summed E-state index contributed by atoms with van der Waals surface area (Å²) in [5.74, 6) is -0.176. The summed E-state index contributed by atoms with van der Waals surface area (Å²) in [6.45, 7) is 4.89. The summed E-state index contributed by atoms with van der Waals surface area (Å²) in [6.07, 6.45) is 1.04. The highest BCUT2D eigenvalue weighted by Gasteiger charge is 2.13. The number of hydrogen-bond acceptors (Lipinski definition) is 6. The highest BCUT2D eigenvalue weighted by atomic mass is 16.6. The van der Waals surface area contributed by atoms with Crippen LogP contribution in [0.5, 0.6) is 11.5 Å². The van der Waals surface area contributed by atoms with Crippen LogP contribution in [-0.4, -0.2) is 38.0 Å². The Hall–Kier alpha value is -3.35. The van der Waals surface area contributed by atoms with E-state index in [1.54, 1.807) is 12.1 Å². The van der Waals surface area contributed by atoms with E-state index in [1.165, 1.54) is 25.7 Å². The first-order valence-electron chi connectivity index (χ1n) is 9.71. The summed E-state index contributed by atoms with van der Waals surface area (Å²) >= 11 is 0. The standard InChI is InChI=1S/C23H27NO6/c1-5-15(2)17-6-9-19(10-7-17)24-22(26)13-30-23(27)14-29-20-11-8-18(16(3)25)12-21(20)28-4/h6-12,15H,5,13-14H2,1-4H3,(H,24,26)/t15-/m0/s1. The molecule has 1 N–H and O–H groups in total. The van der Waals surface area contributed by atoms with E-state index < -0.39 is 25.1 Å². The average molecular weight is 413 g/mol. The topological polar surface area (TPSA) is 90.9 Å². The van der Waals surface area contributed by atoms with Crippen LogP contribution < -0.4 is 14.8 Å². The Morgan fingerprint density at radius 1 is 1.00 bits per heavy atom. The quantitative estimate of drug-likeness (QED) is 0.468. The second-order valence-electron chi connectivity index (χ2n) is 6.85. The summed E-state index contributed by atoms with van der Waals surface area (Å²) in [5.41, 5.74) is 2.30. The van der Waals surface area contributed by atoms with Crippen molar-refractivity contribution in [1.82, 2.24) is 0 Å². The van der Waals surface area contributed by atoms with Crippen molar-refractivity contribution in [2.24, 2.45) is 0 Å². The van der Waals surface area contributed by atoms with Gasteiger partial charge in [0, 0.05) is 11.3 Å². The fourth-order valence-electron chi connectivity index (χ4n) is 2.66. The van der Waals surface area contributed by atoms with Crippen molar-refractivity contribution in [3.8, 4) is 11.5 Å². The third-order valence-electron chi connectivity index (χ3n) is 4.66. The van der Waals surface area contributed by atoms with E-state index in [4.69, 9.17) is 14.2 Å². The van der Waals surface area contributed by atoms with Crippen molar-refractivity contribution in [3.63, 3.8) is 0 Å². The van der Waals surface area contributed by atoms with E-state index in [1.807, 2.05) is 24.3 Å². The summed E-state index contributed by atoms with van der Waals surface area (Å²) in [7, 11) is 1.43. The van der Waals surface area contributed by atoms with E-state index in [0.717, 1.165) is 6.42 Å². The van der Waals surface area contributed by atoms with Gasteiger partial charge in [-0.05, 0) is 55.2 Å². The Labute approximate surface area is 176 Å². The van der Waals surface area contributed by atoms with Gasteiger partial charge in [-0.2, -0.15) is 0 Å². The molecular formula is C23H27NO6. The van der Waals surface area contributed by atoms with E-state index in [9.17, 15) is 14.4 Å². The number of rotatable bonds is 10. The van der Waals surface area contributed by atoms with E-state index >= 15 is 0 Å². The Bertz CT molecular complexity index is 891. The van der Waals surface area contributed by atoms with Gasteiger partial charge >= 0.3 is 5.97 Å². The van der Waals surface area contributed by atoms with Gasteiger partial charge in [0.25, 0.3) is 5.91 Å². The van der Waals surface area contributed by atoms with Crippen LogP contribution in [0.1, 0.15) is 49.0 Å². The molecule has 2 aromatic rings. The highest BCUT2D eigenvalue weighted by molar-refractivity contribution is 5.95. The molecule has 1 atom stereocenters. The van der Waals surface area contributed by atoms with Gasteiger partial charge in [-0.1, -0.05) is 26.0 Å². The number of carbonyl (C=O) groups is 3. The number of carbonyl (C=O) groups excluding carboxylic acids is 3. The van der Waals surface area contributed by atoms with Gasteiger partial charge in [0.15, 0.2) is 30.5 Å². The van der Waals surface area contributed by atoms with E-state index in [2.05, 4.69) is 19.2 Å². The smallest absolute Gasteiger partial charge is 0.344 e. The van der Waals surface area contributed by atoms with Crippen molar-refractivity contribution in [2.75, 3.05) is 25.6 Å². The molecule has 0 spiro atoms.